The lowest BCUT2D eigenvalue weighted by atomic mass is 10.1. The number of benzene rings is 1. The number of rotatable bonds is 2. The minimum atomic E-state index is -0.268. The molecule has 1 aromatic carbocycles. The molecule has 0 aliphatic carbocycles. The third-order valence-corrected chi connectivity index (χ3v) is 4.79. The lowest BCUT2D eigenvalue weighted by Gasteiger charge is -2.33. The van der Waals surface area contributed by atoms with Crippen LogP contribution >= 0.6 is 0 Å². The zero-order valence-electron chi connectivity index (χ0n) is 16.1. The molecule has 2 aromatic rings. The zero-order chi connectivity index (χ0) is 19.2. The van der Waals surface area contributed by atoms with Crippen LogP contribution in [0.1, 0.15) is 37.0 Å². The monoisotopic (exact) mass is 355 g/mol. The molecule has 0 saturated heterocycles. The summed E-state index contributed by atoms with van der Waals surface area (Å²) in [6.07, 6.45) is 0. The Morgan fingerprint density at radius 1 is 1.27 bits per heavy atom. The maximum Gasteiger partial charge on any atom is 0.276 e. The molecule has 1 aromatic heterocycles. The van der Waals surface area contributed by atoms with E-state index in [1.807, 2.05) is 37.1 Å². The zero-order valence-corrected chi connectivity index (χ0v) is 16.1. The van der Waals surface area contributed by atoms with E-state index in [0.29, 0.717) is 28.5 Å². The van der Waals surface area contributed by atoms with E-state index in [-0.39, 0.29) is 23.9 Å². The molecule has 7 nitrogen and oxygen atoms in total. The summed E-state index contributed by atoms with van der Waals surface area (Å²) in [5.74, 6) is -0.376. The van der Waals surface area contributed by atoms with Gasteiger partial charge in [0.15, 0.2) is 5.69 Å². The second-order valence-electron chi connectivity index (χ2n) is 7.63. The molecule has 0 bridgehead atoms. The Labute approximate surface area is 153 Å². The maximum atomic E-state index is 13.3. The standard InChI is InChI=1S/C19H25N5O2/c1-12-16-17(23(6)21-12)18(26)20-13-9-7-8-10-14(13)24(16)15(25)11-22(5)19(2,3)4/h7-10H,11H2,1-6H3,(H,20,26). The molecule has 0 spiro atoms. The highest BCUT2D eigenvalue weighted by Crippen LogP contribution is 2.39. The van der Waals surface area contributed by atoms with Crippen molar-refractivity contribution in [3.05, 3.63) is 35.7 Å². The lowest BCUT2D eigenvalue weighted by Crippen LogP contribution is -2.45. The van der Waals surface area contributed by atoms with Crippen LogP contribution < -0.4 is 10.2 Å². The van der Waals surface area contributed by atoms with Gasteiger partial charge in [0.25, 0.3) is 5.91 Å². The van der Waals surface area contributed by atoms with Crippen LogP contribution in [0.25, 0.3) is 0 Å². The number of fused-ring (bicyclic) bond motifs is 2. The average Bonchev–Trinajstić information content (AvgIpc) is 2.74. The number of aromatic nitrogens is 2. The number of hydrogen-bond acceptors (Lipinski definition) is 4. The van der Waals surface area contributed by atoms with E-state index in [4.69, 9.17) is 0 Å². The van der Waals surface area contributed by atoms with Crippen molar-refractivity contribution in [2.45, 2.75) is 33.2 Å². The number of carbonyl (C=O) groups excluding carboxylic acids is 2. The molecule has 2 amide bonds. The van der Waals surface area contributed by atoms with E-state index in [1.165, 1.54) is 4.68 Å². The van der Waals surface area contributed by atoms with E-state index in [0.717, 1.165) is 0 Å². The Hall–Kier alpha value is -2.67. The molecular weight excluding hydrogens is 330 g/mol. The summed E-state index contributed by atoms with van der Waals surface area (Å²) in [4.78, 5) is 29.6. The number of para-hydroxylation sites is 2. The van der Waals surface area contributed by atoms with E-state index in [2.05, 4.69) is 31.2 Å². The summed E-state index contributed by atoms with van der Waals surface area (Å²) in [6.45, 7) is 8.21. The second kappa shape index (κ2) is 6.25. The van der Waals surface area contributed by atoms with Crippen LogP contribution in [0.5, 0.6) is 0 Å². The van der Waals surface area contributed by atoms with Gasteiger partial charge in [-0.3, -0.25) is 24.1 Å². The van der Waals surface area contributed by atoms with Crippen LogP contribution in [0.3, 0.4) is 0 Å². The smallest absolute Gasteiger partial charge is 0.276 e. The molecule has 0 saturated carbocycles. The Morgan fingerprint density at radius 3 is 2.58 bits per heavy atom. The minimum Gasteiger partial charge on any atom is -0.319 e. The van der Waals surface area contributed by atoms with Crippen molar-refractivity contribution in [3.8, 4) is 0 Å². The average molecular weight is 355 g/mol. The Morgan fingerprint density at radius 2 is 1.92 bits per heavy atom. The van der Waals surface area contributed by atoms with E-state index in [9.17, 15) is 9.59 Å². The minimum absolute atomic E-state index is 0.108. The Balaban J connectivity index is 2.16. The van der Waals surface area contributed by atoms with Gasteiger partial charge in [-0.15, -0.1) is 0 Å². The molecule has 0 unspecified atom stereocenters. The molecule has 7 heteroatoms. The van der Waals surface area contributed by atoms with Gasteiger partial charge in [-0.05, 0) is 46.9 Å². The fourth-order valence-corrected chi connectivity index (χ4v) is 3.02. The van der Waals surface area contributed by atoms with Crippen LogP contribution in [-0.2, 0) is 11.8 Å². The van der Waals surface area contributed by atoms with Crippen molar-refractivity contribution in [2.75, 3.05) is 23.8 Å². The van der Waals surface area contributed by atoms with Crippen LogP contribution in [0.15, 0.2) is 24.3 Å². The molecule has 1 N–H and O–H groups in total. The molecule has 0 radical (unpaired) electrons. The number of nitrogens with one attached hydrogen (secondary N) is 1. The first-order chi connectivity index (χ1) is 12.1. The van der Waals surface area contributed by atoms with Crippen LogP contribution in [0.4, 0.5) is 17.1 Å². The van der Waals surface area contributed by atoms with Gasteiger partial charge in [0.1, 0.15) is 5.69 Å². The summed E-state index contributed by atoms with van der Waals surface area (Å²) < 4.78 is 1.53. The number of nitrogens with zero attached hydrogens (tertiary/aromatic N) is 4. The molecule has 0 atom stereocenters. The first-order valence-electron chi connectivity index (χ1n) is 8.59. The van der Waals surface area contributed by atoms with Gasteiger partial charge >= 0.3 is 0 Å². The summed E-state index contributed by atoms with van der Waals surface area (Å²) >= 11 is 0. The lowest BCUT2D eigenvalue weighted by molar-refractivity contribution is -0.119. The van der Waals surface area contributed by atoms with Gasteiger partial charge in [-0.1, -0.05) is 12.1 Å². The van der Waals surface area contributed by atoms with Gasteiger partial charge < -0.3 is 5.32 Å². The number of anilines is 3. The molecule has 138 valence electrons. The quantitative estimate of drug-likeness (QED) is 0.899. The molecular formula is C19H25N5O2. The largest absolute Gasteiger partial charge is 0.319 e. The van der Waals surface area contributed by atoms with Crippen molar-refractivity contribution < 1.29 is 9.59 Å². The van der Waals surface area contributed by atoms with Crippen LogP contribution in [0, 0.1) is 6.92 Å². The van der Waals surface area contributed by atoms with Crippen molar-refractivity contribution in [1.82, 2.24) is 14.7 Å². The van der Waals surface area contributed by atoms with Crippen molar-refractivity contribution >= 4 is 28.9 Å². The van der Waals surface area contributed by atoms with Gasteiger partial charge in [0, 0.05) is 12.6 Å². The van der Waals surface area contributed by atoms with E-state index >= 15 is 0 Å². The van der Waals surface area contributed by atoms with Crippen molar-refractivity contribution in [3.63, 3.8) is 0 Å². The van der Waals surface area contributed by atoms with Gasteiger partial charge in [-0.2, -0.15) is 5.10 Å². The Bertz CT molecular complexity index is 879. The molecule has 26 heavy (non-hydrogen) atoms. The van der Waals surface area contributed by atoms with Gasteiger partial charge in [0.2, 0.25) is 5.91 Å². The predicted octanol–water partition coefficient (Wildman–Crippen LogP) is 2.69. The number of aryl methyl sites for hydroxylation is 2. The fraction of sp³-hybridized carbons (Fsp3) is 0.421. The number of likely N-dealkylation sites (N-methyl/N-ethyl adjacent to an activating group) is 1. The van der Waals surface area contributed by atoms with Gasteiger partial charge in [0.05, 0.1) is 23.6 Å². The molecule has 1 aliphatic heterocycles. The second-order valence-corrected chi connectivity index (χ2v) is 7.63. The molecule has 1 aliphatic rings. The van der Waals surface area contributed by atoms with E-state index in [1.54, 1.807) is 18.0 Å². The maximum absolute atomic E-state index is 13.3. The topological polar surface area (TPSA) is 70.5 Å². The highest BCUT2D eigenvalue weighted by Gasteiger charge is 2.35. The summed E-state index contributed by atoms with van der Waals surface area (Å²) in [5, 5.41) is 7.26. The molecule has 2 heterocycles. The van der Waals surface area contributed by atoms with Crippen molar-refractivity contribution in [1.29, 1.82) is 0 Å². The SMILES string of the molecule is Cc1nn(C)c2c1N(C(=O)CN(C)C(C)(C)C)c1ccccc1NC2=O. The van der Waals surface area contributed by atoms with Crippen LogP contribution in [0.2, 0.25) is 0 Å². The summed E-state index contributed by atoms with van der Waals surface area (Å²) in [7, 11) is 3.63. The van der Waals surface area contributed by atoms with Crippen LogP contribution in [-0.4, -0.2) is 45.6 Å². The third kappa shape index (κ3) is 2.99. The number of hydrogen-bond donors (Lipinski definition) is 1. The predicted molar refractivity (Wildman–Crippen MR) is 102 cm³/mol. The first kappa shape index (κ1) is 18.1. The highest BCUT2D eigenvalue weighted by atomic mass is 16.2. The highest BCUT2D eigenvalue weighted by molar-refractivity contribution is 6.17. The number of amides is 2. The van der Waals surface area contributed by atoms with Crippen molar-refractivity contribution in [2.24, 2.45) is 7.05 Å². The third-order valence-electron chi connectivity index (χ3n) is 4.79. The Kier molecular flexibility index (Phi) is 4.36. The molecule has 0 fully saturated rings. The first-order valence-corrected chi connectivity index (χ1v) is 8.59. The fourth-order valence-electron chi connectivity index (χ4n) is 3.02. The summed E-state index contributed by atoms with van der Waals surface area (Å²) in [6, 6.07) is 7.33. The van der Waals surface area contributed by atoms with E-state index < -0.39 is 0 Å². The normalized spacial score (nSPS) is 14.0. The van der Waals surface area contributed by atoms with Gasteiger partial charge in [-0.25, -0.2) is 0 Å². The number of carbonyl (C=O) groups is 2. The molecule has 3 rings (SSSR count). The summed E-state index contributed by atoms with van der Waals surface area (Å²) in [5.41, 5.74) is 2.68.